The van der Waals surface area contributed by atoms with E-state index in [0.29, 0.717) is 0 Å². The van der Waals surface area contributed by atoms with Crippen LogP contribution in [0.25, 0.3) is 10.8 Å². The summed E-state index contributed by atoms with van der Waals surface area (Å²) in [6, 6.07) is 12.0. The summed E-state index contributed by atoms with van der Waals surface area (Å²) >= 11 is 0. The number of nitrogens with two attached hydrogens (primary N) is 1. The monoisotopic (exact) mass is 200 g/mol. The summed E-state index contributed by atoms with van der Waals surface area (Å²) in [6.07, 6.45) is 1.63. The lowest BCUT2D eigenvalue weighted by atomic mass is 10.1. The predicted octanol–water partition coefficient (Wildman–Crippen LogP) is 2.14. The van der Waals surface area contributed by atoms with E-state index in [1.165, 1.54) is 0 Å². The second kappa shape index (κ2) is 4.00. The molecule has 0 radical (unpaired) electrons. The van der Waals surface area contributed by atoms with Crippen LogP contribution in [0, 0.1) is 0 Å². The van der Waals surface area contributed by atoms with Crippen LogP contribution in [0.15, 0.2) is 41.5 Å². The van der Waals surface area contributed by atoms with E-state index in [4.69, 9.17) is 10.6 Å². The Morgan fingerprint density at radius 3 is 2.60 bits per heavy atom. The van der Waals surface area contributed by atoms with Crippen molar-refractivity contribution in [3.8, 4) is 5.75 Å². The van der Waals surface area contributed by atoms with E-state index >= 15 is 0 Å². The van der Waals surface area contributed by atoms with Gasteiger partial charge in [0.15, 0.2) is 0 Å². The molecule has 3 nitrogen and oxygen atoms in total. The molecular formula is C12H12N2O. The molecule has 15 heavy (non-hydrogen) atoms. The largest absolute Gasteiger partial charge is 0.497 e. The highest BCUT2D eigenvalue weighted by Gasteiger charge is 1.97. The summed E-state index contributed by atoms with van der Waals surface area (Å²) in [6.45, 7) is 0. The molecule has 2 N–H and O–H groups in total. The van der Waals surface area contributed by atoms with Crippen LogP contribution in [-0.2, 0) is 0 Å². The number of benzene rings is 2. The number of hydrogen-bond donors (Lipinski definition) is 1. The molecule has 0 amide bonds. The van der Waals surface area contributed by atoms with Crippen molar-refractivity contribution in [2.24, 2.45) is 10.9 Å². The highest BCUT2D eigenvalue weighted by atomic mass is 16.5. The summed E-state index contributed by atoms with van der Waals surface area (Å²) < 4.78 is 5.15. The molecule has 2 aromatic carbocycles. The third kappa shape index (κ3) is 1.91. The molecule has 0 fully saturated rings. The Kier molecular flexibility index (Phi) is 2.54. The molecule has 0 bridgehead atoms. The number of fused-ring (bicyclic) bond motifs is 1. The quantitative estimate of drug-likeness (QED) is 0.458. The van der Waals surface area contributed by atoms with Crippen molar-refractivity contribution in [3.63, 3.8) is 0 Å². The van der Waals surface area contributed by atoms with Gasteiger partial charge in [0.1, 0.15) is 5.75 Å². The standard InChI is InChI=1S/C12H12N2O/c1-15-12-5-4-10-6-9(8-14-13)2-3-11(10)7-12/h2-8H,13H2,1H3/b14-8+. The number of ether oxygens (including phenoxy) is 1. The second-order valence-corrected chi connectivity index (χ2v) is 3.25. The maximum Gasteiger partial charge on any atom is 0.119 e. The zero-order valence-electron chi connectivity index (χ0n) is 8.47. The summed E-state index contributed by atoms with van der Waals surface area (Å²) in [4.78, 5) is 0. The first kappa shape index (κ1) is 9.52. The molecule has 0 aromatic heterocycles. The Bertz CT molecular complexity index is 506. The van der Waals surface area contributed by atoms with Gasteiger partial charge in [0.2, 0.25) is 0 Å². The van der Waals surface area contributed by atoms with Crippen LogP contribution in [0.1, 0.15) is 5.56 Å². The van der Waals surface area contributed by atoms with Gasteiger partial charge >= 0.3 is 0 Å². The van der Waals surface area contributed by atoms with Gasteiger partial charge in [-0.3, -0.25) is 0 Å². The van der Waals surface area contributed by atoms with Crippen LogP contribution in [-0.4, -0.2) is 13.3 Å². The van der Waals surface area contributed by atoms with E-state index in [-0.39, 0.29) is 0 Å². The van der Waals surface area contributed by atoms with Crippen LogP contribution in [0.3, 0.4) is 0 Å². The van der Waals surface area contributed by atoms with E-state index in [1.54, 1.807) is 13.3 Å². The second-order valence-electron chi connectivity index (χ2n) is 3.25. The molecule has 0 aliphatic carbocycles. The minimum atomic E-state index is 0.864. The average Bonchev–Trinajstić information content (AvgIpc) is 2.29. The maximum absolute atomic E-state index is 5.15. The maximum atomic E-state index is 5.15. The predicted molar refractivity (Wildman–Crippen MR) is 62.3 cm³/mol. The van der Waals surface area contributed by atoms with Crippen molar-refractivity contribution in [2.45, 2.75) is 0 Å². The molecular weight excluding hydrogens is 188 g/mol. The van der Waals surface area contributed by atoms with Gasteiger partial charge in [0, 0.05) is 0 Å². The van der Waals surface area contributed by atoms with Gasteiger partial charge in [-0.25, -0.2) is 0 Å². The van der Waals surface area contributed by atoms with Gasteiger partial charge in [-0.1, -0.05) is 18.2 Å². The van der Waals surface area contributed by atoms with Crippen LogP contribution < -0.4 is 10.6 Å². The number of rotatable bonds is 2. The van der Waals surface area contributed by atoms with E-state index in [0.717, 1.165) is 22.1 Å². The molecule has 0 saturated carbocycles. The molecule has 2 aromatic rings. The highest BCUT2D eigenvalue weighted by molar-refractivity contribution is 5.91. The van der Waals surface area contributed by atoms with E-state index in [1.807, 2.05) is 36.4 Å². The van der Waals surface area contributed by atoms with Gasteiger partial charge in [-0.05, 0) is 34.5 Å². The zero-order valence-corrected chi connectivity index (χ0v) is 8.47. The van der Waals surface area contributed by atoms with E-state index < -0.39 is 0 Å². The van der Waals surface area contributed by atoms with Crippen LogP contribution in [0.5, 0.6) is 5.75 Å². The topological polar surface area (TPSA) is 47.6 Å². The normalized spacial score (nSPS) is 11.0. The summed E-state index contributed by atoms with van der Waals surface area (Å²) in [7, 11) is 1.66. The van der Waals surface area contributed by atoms with Crippen molar-refractivity contribution in [3.05, 3.63) is 42.0 Å². The van der Waals surface area contributed by atoms with Gasteiger partial charge in [0.05, 0.1) is 13.3 Å². The lowest BCUT2D eigenvalue weighted by Gasteiger charge is -2.02. The molecule has 0 atom stereocenters. The van der Waals surface area contributed by atoms with E-state index in [2.05, 4.69) is 5.10 Å². The van der Waals surface area contributed by atoms with Crippen molar-refractivity contribution in [1.29, 1.82) is 0 Å². The minimum absolute atomic E-state index is 0.864. The summed E-state index contributed by atoms with van der Waals surface area (Å²) in [5.74, 6) is 5.96. The summed E-state index contributed by atoms with van der Waals surface area (Å²) in [5.41, 5.74) is 0.996. The van der Waals surface area contributed by atoms with Crippen molar-refractivity contribution in [2.75, 3.05) is 7.11 Å². The Morgan fingerprint density at radius 1 is 1.13 bits per heavy atom. The molecule has 2 rings (SSSR count). The van der Waals surface area contributed by atoms with Crippen molar-refractivity contribution < 1.29 is 4.74 Å². The van der Waals surface area contributed by atoms with Crippen LogP contribution in [0.4, 0.5) is 0 Å². The van der Waals surface area contributed by atoms with Gasteiger partial charge in [-0.15, -0.1) is 0 Å². The number of hydrazone groups is 1. The first-order valence-electron chi connectivity index (χ1n) is 4.64. The number of nitrogens with zero attached hydrogens (tertiary/aromatic N) is 1. The average molecular weight is 200 g/mol. The third-order valence-electron chi connectivity index (χ3n) is 2.30. The number of methoxy groups -OCH3 is 1. The fraction of sp³-hybridized carbons (Fsp3) is 0.0833. The zero-order chi connectivity index (χ0) is 10.7. The van der Waals surface area contributed by atoms with Crippen molar-refractivity contribution in [1.82, 2.24) is 0 Å². The third-order valence-corrected chi connectivity index (χ3v) is 2.30. The Morgan fingerprint density at radius 2 is 1.87 bits per heavy atom. The fourth-order valence-corrected chi connectivity index (χ4v) is 1.54. The van der Waals surface area contributed by atoms with Crippen molar-refractivity contribution >= 4 is 17.0 Å². The lowest BCUT2D eigenvalue weighted by Crippen LogP contribution is -1.87. The van der Waals surface area contributed by atoms with Crippen LogP contribution >= 0.6 is 0 Å². The van der Waals surface area contributed by atoms with Gasteiger partial charge in [0.25, 0.3) is 0 Å². The SMILES string of the molecule is COc1ccc2cc(/C=N/N)ccc2c1. The Balaban J connectivity index is 2.54. The minimum Gasteiger partial charge on any atom is -0.497 e. The Hall–Kier alpha value is -2.03. The van der Waals surface area contributed by atoms with Crippen LogP contribution in [0.2, 0.25) is 0 Å². The van der Waals surface area contributed by atoms with Gasteiger partial charge < -0.3 is 10.6 Å². The highest BCUT2D eigenvalue weighted by Crippen LogP contribution is 2.21. The number of hydrogen-bond acceptors (Lipinski definition) is 3. The molecule has 76 valence electrons. The molecule has 0 aliphatic rings. The molecule has 3 heteroatoms. The summed E-state index contributed by atoms with van der Waals surface area (Å²) in [5, 5.41) is 5.79. The molecule has 0 aliphatic heterocycles. The van der Waals surface area contributed by atoms with Gasteiger partial charge in [-0.2, -0.15) is 5.10 Å². The smallest absolute Gasteiger partial charge is 0.119 e. The molecule has 0 saturated heterocycles. The molecule has 0 unspecified atom stereocenters. The molecule has 0 spiro atoms. The fourth-order valence-electron chi connectivity index (χ4n) is 1.54. The lowest BCUT2D eigenvalue weighted by molar-refractivity contribution is 0.415. The molecule has 0 heterocycles. The first-order chi connectivity index (χ1) is 7.33. The Labute approximate surface area is 88.2 Å². The van der Waals surface area contributed by atoms with E-state index in [9.17, 15) is 0 Å². The first-order valence-corrected chi connectivity index (χ1v) is 4.64.